The average molecular weight is 913 g/mol. The Labute approximate surface area is 407 Å². The van der Waals surface area contributed by atoms with E-state index in [0.717, 1.165) is 122 Å². The lowest BCUT2D eigenvalue weighted by Crippen LogP contribution is -2.30. The van der Waals surface area contributed by atoms with Crippen LogP contribution in [0.2, 0.25) is 0 Å². The lowest BCUT2D eigenvalue weighted by atomic mass is 10.1. The minimum atomic E-state index is -0.586. The number of carbonyl (C=O) groups is 2. The molecule has 0 amide bonds. The molecule has 0 radical (unpaired) electrons. The summed E-state index contributed by atoms with van der Waals surface area (Å²) in [6.45, 7) is 7.42. The zero-order chi connectivity index (χ0) is 47.7. The Morgan fingerprint density at radius 1 is 0.348 bits per heavy atom. The van der Waals surface area contributed by atoms with Crippen LogP contribution in [-0.4, -0.2) is 37.9 Å². The highest BCUT2D eigenvalue weighted by atomic mass is 16.6. The normalized spacial score (nSPS) is 13.2. The second kappa shape index (κ2) is 55.6. The Morgan fingerprint density at radius 3 is 1.11 bits per heavy atom. The summed E-state index contributed by atoms with van der Waals surface area (Å²) in [4.78, 5) is 25.4. The molecule has 0 aliphatic rings. The van der Waals surface area contributed by atoms with Crippen LogP contribution in [0.25, 0.3) is 0 Å². The number of esters is 2. The van der Waals surface area contributed by atoms with E-state index in [0.29, 0.717) is 19.4 Å². The van der Waals surface area contributed by atoms with Gasteiger partial charge in [-0.05, 0) is 122 Å². The third kappa shape index (κ3) is 52.9. The molecule has 5 nitrogen and oxygen atoms in total. The van der Waals surface area contributed by atoms with E-state index in [4.69, 9.17) is 14.2 Å². The quantitative estimate of drug-likeness (QED) is 0.0346. The molecule has 0 bridgehead atoms. The number of unbranched alkanes of at least 4 members (excludes halogenated alkanes) is 17. The number of ether oxygens (including phenoxy) is 3. The molecule has 66 heavy (non-hydrogen) atoms. The minimum absolute atomic E-state index is 0.0427. The van der Waals surface area contributed by atoms with Crippen LogP contribution in [0, 0.1) is 0 Å². The van der Waals surface area contributed by atoms with Gasteiger partial charge in [0.15, 0.2) is 6.10 Å². The Kier molecular flexibility index (Phi) is 52.5. The van der Waals surface area contributed by atoms with Crippen molar-refractivity contribution < 1.29 is 23.8 Å². The van der Waals surface area contributed by atoms with E-state index in [1.54, 1.807) is 0 Å². The second-order valence-corrected chi connectivity index (χ2v) is 17.4. The zero-order valence-corrected chi connectivity index (χ0v) is 42.9. The van der Waals surface area contributed by atoms with Crippen molar-refractivity contribution in [2.24, 2.45) is 0 Å². The fraction of sp³-hybridized carbons (Fsp3) is 0.639. The fourth-order valence-corrected chi connectivity index (χ4v) is 7.01. The predicted molar refractivity (Wildman–Crippen MR) is 288 cm³/mol. The summed E-state index contributed by atoms with van der Waals surface area (Å²) in [5, 5.41) is 0. The molecule has 0 aliphatic carbocycles. The Bertz CT molecular complexity index is 1350. The Hall–Kier alpha value is -3.70. The van der Waals surface area contributed by atoms with Crippen LogP contribution in [0.3, 0.4) is 0 Å². The predicted octanol–water partition coefficient (Wildman–Crippen LogP) is 18.6. The summed E-state index contributed by atoms with van der Waals surface area (Å²) in [5.41, 5.74) is 0. The van der Waals surface area contributed by atoms with E-state index in [1.807, 2.05) is 0 Å². The minimum Gasteiger partial charge on any atom is -0.462 e. The molecule has 1 unspecified atom stereocenters. The standard InChI is InChI=1S/C61H100O5/c1-4-7-10-13-16-19-22-25-28-29-30-31-32-35-38-41-44-47-50-53-56-64-57-59(66-61(63)55-52-49-46-43-40-37-34-27-24-21-18-15-12-9-6-3)58-65-60(62)54-51-48-45-42-39-36-33-26-23-20-17-14-11-8-5-2/h7-8,10-11,16-17,19-20,25-28,30-31,33-35,38,44,47,59H,4-6,9,12-15,18,21-24,29,32,36-37,39-43,45-46,48-58H2,1-3H3/b10-7-,11-8-,19-16-,20-17-,28-25-,31-30-,33-26-,34-27-,38-35-,47-44-. The number of hydrogen-bond acceptors (Lipinski definition) is 5. The van der Waals surface area contributed by atoms with E-state index >= 15 is 0 Å². The van der Waals surface area contributed by atoms with Crippen LogP contribution >= 0.6 is 0 Å². The SMILES string of the molecule is CC/C=C\C/C=C\C/C=C\C/C=C\C/C=C\C/C=C\CCCOCC(COC(=O)CCCCCCC/C=C\C/C=C\C/C=C\CC)OC(=O)CCCCCCC/C=C\CCCCCCCC. The van der Waals surface area contributed by atoms with Gasteiger partial charge in [0, 0.05) is 19.4 Å². The first-order chi connectivity index (χ1) is 32.6. The van der Waals surface area contributed by atoms with Gasteiger partial charge in [0.1, 0.15) is 6.61 Å². The van der Waals surface area contributed by atoms with Gasteiger partial charge in [-0.3, -0.25) is 9.59 Å². The van der Waals surface area contributed by atoms with Gasteiger partial charge in [-0.15, -0.1) is 0 Å². The molecule has 0 rings (SSSR count). The maximum absolute atomic E-state index is 12.8. The van der Waals surface area contributed by atoms with E-state index in [1.165, 1.54) is 70.6 Å². The van der Waals surface area contributed by atoms with Gasteiger partial charge >= 0.3 is 11.9 Å². The van der Waals surface area contributed by atoms with E-state index in [9.17, 15) is 9.59 Å². The number of rotatable bonds is 48. The van der Waals surface area contributed by atoms with Crippen molar-refractivity contribution in [3.63, 3.8) is 0 Å². The molecule has 0 N–H and O–H groups in total. The Balaban J connectivity index is 4.44. The van der Waals surface area contributed by atoms with Gasteiger partial charge in [-0.2, -0.15) is 0 Å². The third-order valence-electron chi connectivity index (χ3n) is 11.0. The molecule has 0 spiro atoms. The van der Waals surface area contributed by atoms with E-state index < -0.39 is 6.10 Å². The van der Waals surface area contributed by atoms with Crippen molar-refractivity contribution in [2.45, 2.75) is 232 Å². The van der Waals surface area contributed by atoms with Crippen molar-refractivity contribution in [3.05, 3.63) is 122 Å². The molecular formula is C61H100O5. The van der Waals surface area contributed by atoms with Crippen LogP contribution in [0.15, 0.2) is 122 Å². The first kappa shape index (κ1) is 62.3. The zero-order valence-electron chi connectivity index (χ0n) is 42.9. The summed E-state index contributed by atoms with van der Waals surface area (Å²) in [6.07, 6.45) is 77.9. The molecule has 0 heterocycles. The van der Waals surface area contributed by atoms with Crippen molar-refractivity contribution in [1.29, 1.82) is 0 Å². The topological polar surface area (TPSA) is 61.8 Å². The first-order valence-electron chi connectivity index (χ1n) is 27.1. The van der Waals surface area contributed by atoms with Crippen molar-refractivity contribution >= 4 is 11.9 Å². The van der Waals surface area contributed by atoms with Gasteiger partial charge in [0.25, 0.3) is 0 Å². The number of hydrogen-bond donors (Lipinski definition) is 0. The van der Waals surface area contributed by atoms with Crippen LogP contribution in [0.1, 0.15) is 226 Å². The third-order valence-corrected chi connectivity index (χ3v) is 11.0. The fourth-order valence-electron chi connectivity index (χ4n) is 7.01. The van der Waals surface area contributed by atoms with Crippen molar-refractivity contribution in [1.82, 2.24) is 0 Å². The molecule has 374 valence electrons. The maximum Gasteiger partial charge on any atom is 0.306 e. The Morgan fingerprint density at radius 2 is 0.682 bits per heavy atom. The largest absolute Gasteiger partial charge is 0.462 e. The lowest BCUT2D eigenvalue weighted by Gasteiger charge is -2.18. The van der Waals surface area contributed by atoms with Gasteiger partial charge in [-0.1, -0.05) is 213 Å². The van der Waals surface area contributed by atoms with Gasteiger partial charge in [-0.25, -0.2) is 0 Å². The van der Waals surface area contributed by atoms with Crippen LogP contribution in [0.4, 0.5) is 0 Å². The summed E-state index contributed by atoms with van der Waals surface area (Å²) < 4.78 is 17.3. The molecule has 0 saturated heterocycles. The number of carbonyl (C=O) groups excluding carboxylic acids is 2. The highest BCUT2D eigenvalue weighted by Gasteiger charge is 2.17. The molecular weight excluding hydrogens is 813 g/mol. The molecule has 0 fully saturated rings. The van der Waals surface area contributed by atoms with Crippen LogP contribution in [-0.2, 0) is 23.8 Å². The monoisotopic (exact) mass is 913 g/mol. The van der Waals surface area contributed by atoms with Gasteiger partial charge in [0.2, 0.25) is 0 Å². The molecule has 0 aromatic rings. The molecule has 0 saturated carbocycles. The first-order valence-corrected chi connectivity index (χ1v) is 27.1. The van der Waals surface area contributed by atoms with Crippen molar-refractivity contribution in [3.8, 4) is 0 Å². The average Bonchev–Trinajstić information content (AvgIpc) is 3.32. The van der Waals surface area contributed by atoms with E-state index in [-0.39, 0.29) is 25.2 Å². The number of allylic oxidation sites excluding steroid dienone is 20. The molecule has 0 aromatic heterocycles. The summed E-state index contributed by atoms with van der Waals surface area (Å²) in [7, 11) is 0. The van der Waals surface area contributed by atoms with Gasteiger partial charge in [0.05, 0.1) is 6.61 Å². The van der Waals surface area contributed by atoms with E-state index in [2.05, 4.69) is 142 Å². The molecule has 0 aromatic carbocycles. The van der Waals surface area contributed by atoms with Gasteiger partial charge < -0.3 is 14.2 Å². The molecule has 0 aliphatic heterocycles. The summed E-state index contributed by atoms with van der Waals surface area (Å²) >= 11 is 0. The highest BCUT2D eigenvalue weighted by molar-refractivity contribution is 5.70. The lowest BCUT2D eigenvalue weighted by molar-refractivity contribution is -0.163. The smallest absolute Gasteiger partial charge is 0.306 e. The van der Waals surface area contributed by atoms with Crippen LogP contribution in [0.5, 0.6) is 0 Å². The second-order valence-electron chi connectivity index (χ2n) is 17.4. The molecule has 5 heteroatoms. The summed E-state index contributed by atoms with van der Waals surface area (Å²) in [5.74, 6) is -0.464. The highest BCUT2D eigenvalue weighted by Crippen LogP contribution is 2.13. The summed E-state index contributed by atoms with van der Waals surface area (Å²) in [6, 6.07) is 0. The maximum atomic E-state index is 12.8. The van der Waals surface area contributed by atoms with Crippen molar-refractivity contribution in [2.75, 3.05) is 19.8 Å². The van der Waals surface area contributed by atoms with Crippen LogP contribution < -0.4 is 0 Å². The molecule has 1 atom stereocenters.